The van der Waals surface area contributed by atoms with Gasteiger partial charge in [-0.25, -0.2) is 70.6 Å². The molecule has 4 aromatic heterocycles. The first kappa shape index (κ1) is 104. The Morgan fingerprint density at radius 1 is 0.459 bits per heavy atom. The number of amides is 2. The highest BCUT2D eigenvalue weighted by atomic mass is 19.4. The molecule has 720 valence electrons. The Labute approximate surface area is 771 Å². The summed E-state index contributed by atoms with van der Waals surface area (Å²) in [5.74, 6) is -8.40. The molecular weight excluding hydrogens is 1740 g/mol. The minimum atomic E-state index is -4.42. The van der Waals surface area contributed by atoms with Gasteiger partial charge in [-0.15, -0.1) is 0 Å². The van der Waals surface area contributed by atoms with Crippen LogP contribution < -0.4 is 51.8 Å². The third kappa shape index (κ3) is 27.9. The lowest BCUT2D eigenvalue weighted by atomic mass is 9.87. The van der Waals surface area contributed by atoms with Gasteiger partial charge in [0, 0.05) is 82.7 Å². The summed E-state index contributed by atoms with van der Waals surface area (Å²) in [6, 6.07) is 28.4. The lowest BCUT2D eigenvalue weighted by Gasteiger charge is -2.30. The molecule has 133 heavy (non-hydrogen) atoms. The molecule has 4 saturated heterocycles. The zero-order valence-electron chi connectivity index (χ0n) is 78.9. The second-order valence-electron chi connectivity index (χ2n) is 38.5. The van der Waals surface area contributed by atoms with Gasteiger partial charge in [0.15, 0.2) is 40.7 Å². The van der Waals surface area contributed by atoms with Gasteiger partial charge in [-0.05, 0) is 180 Å². The average Bonchev–Trinajstić information content (AvgIpc) is 1.72. The number of methoxy groups -OCH3 is 2. The molecule has 9 aromatic rings. The van der Waals surface area contributed by atoms with Crippen molar-refractivity contribution in [2.45, 2.75) is 260 Å². The molecule has 5 aromatic carbocycles. The number of nitrogens with one attached hydrogen (secondary N) is 3. The molecule has 9 unspecified atom stereocenters. The number of rotatable bonds is 30. The minimum Gasteiger partial charge on any atom is -0.497 e. The van der Waals surface area contributed by atoms with E-state index in [0.717, 1.165) is 118 Å². The number of nitrogens with two attached hydrogens (primary N) is 2. The number of aromatic nitrogens is 8. The van der Waals surface area contributed by atoms with E-state index < -0.39 is 76.9 Å². The molecule has 8 heterocycles. The Morgan fingerprint density at radius 3 is 1.24 bits per heavy atom. The topological polar surface area (TPSA) is 274 Å². The molecule has 0 aliphatic carbocycles. The fourth-order valence-electron chi connectivity index (χ4n) is 17.5. The monoisotopic (exact) mass is 1860 g/mol. The smallest absolute Gasteiger partial charge is 0.416 e. The van der Waals surface area contributed by atoms with Crippen LogP contribution in [0.4, 0.5) is 93.4 Å². The molecule has 2 amide bonds. The van der Waals surface area contributed by atoms with Crippen molar-refractivity contribution in [2.24, 2.45) is 34.1 Å². The first-order valence-corrected chi connectivity index (χ1v) is 44.8. The number of Topliss-reactive ketones (excluding diaryl/α,β-unsaturated/α-hetero) is 1. The van der Waals surface area contributed by atoms with Crippen LogP contribution in [0.15, 0.2) is 140 Å². The number of carbonyl (C=O) groups is 3. The van der Waals surface area contributed by atoms with E-state index in [1.807, 2.05) is 60.3 Å². The number of ketones is 1. The number of anilines is 7. The number of primary amides is 2. The van der Waals surface area contributed by atoms with Gasteiger partial charge < -0.3 is 56.5 Å². The van der Waals surface area contributed by atoms with Crippen molar-refractivity contribution in [1.82, 2.24) is 39.9 Å². The Kier molecular flexibility index (Phi) is 33.7. The molecule has 4 aliphatic heterocycles. The van der Waals surface area contributed by atoms with Crippen molar-refractivity contribution in [2.75, 3.05) is 75.9 Å². The number of halogens is 12. The summed E-state index contributed by atoms with van der Waals surface area (Å²) < 4.78 is 178. The van der Waals surface area contributed by atoms with Crippen LogP contribution in [-0.2, 0) is 55.9 Å². The highest BCUT2D eigenvalue weighted by Gasteiger charge is 2.41. The number of nitrogens with zero attached hydrogens (tertiary/aromatic N) is 12. The predicted octanol–water partition coefficient (Wildman–Crippen LogP) is 21.9. The fourth-order valence-corrected chi connectivity index (χ4v) is 17.5. The molecular formula is C99H125F12N17O5. The van der Waals surface area contributed by atoms with Crippen molar-refractivity contribution >= 4 is 58.3 Å². The number of hydrogen-bond donors (Lipinski definition) is 5. The Bertz CT molecular complexity index is 5380. The number of alkyl halides is 9. The fraction of sp³-hybridized carbons (Fsp3) is 0.505. The van der Waals surface area contributed by atoms with Crippen molar-refractivity contribution in [3.05, 3.63) is 225 Å². The van der Waals surface area contributed by atoms with Crippen molar-refractivity contribution in [3.8, 4) is 5.75 Å². The Balaban J connectivity index is 0.000000184. The van der Waals surface area contributed by atoms with Crippen LogP contribution in [0.1, 0.15) is 252 Å². The van der Waals surface area contributed by atoms with Crippen LogP contribution in [0.2, 0.25) is 0 Å². The van der Waals surface area contributed by atoms with Crippen LogP contribution in [0.25, 0.3) is 0 Å². The summed E-state index contributed by atoms with van der Waals surface area (Å²) in [6.45, 7) is 30.6. The van der Waals surface area contributed by atoms with E-state index in [1.165, 1.54) is 74.4 Å². The zero-order chi connectivity index (χ0) is 97.8. The molecule has 0 radical (unpaired) electrons. The Hall–Kier alpha value is -11.5. The van der Waals surface area contributed by atoms with E-state index in [2.05, 4.69) is 83.4 Å². The molecule has 4 aliphatic rings. The molecule has 13 rings (SSSR count). The second-order valence-corrected chi connectivity index (χ2v) is 38.5. The maximum Gasteiger partial charge on any atom is 0.416 e. The lowest BCUT2D eigenvalue weighted by Crippen LogP contribution is -2.39. The summed E-state index contributed by atoms with van der Waals surface area (Å²) >= 11 is 0. The lowest BCUT2D eigenvalue weighted by molar-refractivity contribution is -0.137. The number of aryl methyl sites for hydroxylation is 1. The van der Waals surface area contributed by atoms with E-state index in [4.69, 9.17) is 25.9 Å². The summed E-state index contributed by atoms with van der Waals surface area (Å²) in [6.07, 6.45) is 7.75. The molecule has 4 fully saturated rings. The molecule has 0 saturated carbocycles. The van der Waals surface area contributed by atoms with Gasteiger partial charge in [0.05, 0.1) is 54.2 Å². The SMILES string of the molecule is CC(=O)C(CC(C)(C)C)Nc1ncnc(N2CC(C)CC2c2ccc(C(F)(F)F)cc2)c1F.COC(C)(C)CC(C)Cc1ncnc(N2CCCC2c2ccc(C(C)(F)F)cc2)c1F.COc1ccc(CC(Nc2ncnc(N3CCCC3c3ccc(C(C)(F)F)cc3)c2F)C(N)=O)cc1.Cc1nc(NC(CC(C)(C)C)C(N)=O)c(C)c(N2CCCC2c2ccc(C(C)(F)F)cc2)n1. The van der Waals surface area contributed by atoms with Crippen LogP contribution in [0.5, 0.6) is 5.75 Å². The molecule has 22 nitrogen and oxygen atoms in total. The number of ether oxygens (including phenoxy) is 2. The van der Waals surface area contributed by atoms with E-state index in [0.29, 0.717) is 74.0 Å². The second kappa shape index (κ2) is 43.3. The summed E-state index contributed by atoms with van der Waals surface area (Å²) in [4.78, 5) is 78.1. The maximum absolute atomic E-state index is 15.6. The number of carbonyl (C=O) groups excluding carboxylic acids is 3. The molecule has 9 atom stereocenters. The average molecular weight is 1860 g/mol. The van der Waals surface area contributed by atoms with Crippen LogP contribution in [0, 0.1) is 54.0 Å². The molecule has 0 spiro atoms. The van der Waals surface area contributed by atoms with E-state index in [1.54, 1.807) is 84.7 Å². The van der Waals surface area contributed by atoms with Crippen molar-refractivity contribution in [3.63, 3.8) is 0 Å². The van der Waals surface area contributed by atoms with Gasteiger partial charge in [0.25, 0.3) is 17.8 Å². The van der Waals surface area contributed by atoms with Gasteiger partial charge in [0.2, 0.25) is 23.4 Å². The standard InChI is InChI=1S/C26H28F3N5O2.C25H35F2N5O.C24H30F4N4O.C24H32F3N3O/c1-26(28,29)18-9-7-17(8-10-18)21-4-3-13-34(21)25-22(27)24(31-15-32-25)33-20(23(30)35)14-16-5-11-19(36-2)12-6-16;1-15-22(31-19(21(28)33)14-24(3,4)5)29-16(2)30-23(15)32-13-7-8-20(32)17-9-11-18(12-10-17)25(6,26)27;1-14-10-19(16-6-8-17(9-7-16)24(26,27)28)32(12-14)22-20(25)21(29-13-30-22)31-18(15(2)33)11-23(3,4)5;1-16(14-23(2,3)31-5)13-19-21(25)22(29-15-28-19)30-12-6-7-20(30)17-8-10-18(11-9-17)24(4,26)27/h5-12,15,20-21H,3-4,13-14H2,1-2H3,(H2,30,35)(H,31,32,33);9-12,19-20H,7-8,13-14H2,1-6H3,(H2,28,33)(H,29,30,31);6-9,13-14,18-19H,10-12H2,1-5H3,(H,29,30,31);8-11,15-16,20H,6-7,12-14H2,1-5H3. The van der Waals surface area contributed by atoms with Gasteiger partial charge in [-0.1, -0.05) is 152 Å². The maximum atomic E-state index is 15.6. The molecule has 7 N–H and O–H groups in total. The predicted molar refractivity (Wildman–Crippen MR) is 493 cm³/mol. The normalized spacial score (nSPS) is 18.2. The quantitative estimate of drug-likeness (QED) is 0.0262. The van der Waals surface area contributed by atoms with Crippen molar-refractivity contribution in [1.29, 1.82) is 0 Å². The number of benzene rings is 5. The van der Waals surface area contributed by atoms with Crippen LogP contribution in [-0.4, -0.2) is 122 Å². The van der Waals surface area contributed by atoms with Gasteiger partial charge in [0.1, 0.15) is 54.3 Å². The number of hydrogen-bond acceptors (Lipinski definition) is 20. The summed E-state index contributed by atoms with van der Waals surface area (Å²) in [5, 5.41) is 9.01. The van der Waals surface area contributed by atoms with Crippen LogP contribution >= 0.6 is 0 Å². The highest BCUT2D eigenvalue weighted by molar-refractivity contribution is 5.85. The molecule has 34 heteroatoms. The zero-order valence-corrected chi connectivity index (χ0v) is 78.9. The first-order chi connectivity index (χ1) is 62.2. The van der Waals surface area contributed by atoms with Crippen LogP contribution in [0.3, 0.4) is 0 Å². The largest absolute Gasteiger partial charge is 0.497 e. The Morgan fingerprint density at radius 2 is 0.842 bits per heavy atom. The van der Waals surface area contributed by atoms with E-state index in [-0.39, 0.29) is 110 Å². The van der Waals surface area contributed by atoms with E-state index >= 15 is 13.2 Å². The van der Waals surface area contributed by atoms with E-state index in [9.17, 15) is 53.9 Å². The molecule has 0 bridgehead atoms. The summed E-state index contributed by atoms with van der Waals surface area (Å²) in [5.41, 5.74) is 15.3. The van der Waals surface area contributed by atoms with Gasteiger partial charge in [-0.3, -0.25) is 14.4 Å². The van der Waals surface area contributed by atoms with Gasteiger partial charge >= 0.3 is 6.18 Å². The summed E-state index contributed by atoms with van der Waals surface area (Å²) in [7, 11) is 3.24. The van der Waals surface area contributed by atoms with Crippen molar-refractivity contribution < 1.29 is 76.5 Å². The minimum absolute atomic E-state index is 0.00712. The van der Waals surface area contributed by atoms with Gasteiger partial charge in [-0.2, -0.15) is 22.0 Å². The highest BCUT2D eigenvalue weighted by Crippen LogP contribution is 2.46. The first-order valence-electron chi connectivity index (χ1n) is 44.8. The third-order valence-electron chi connectivity index (χ3n) is 24.3. The third-order valence-corrected chi connectivity index (χ3v) is 24.3.